The van der Waals surface area contributed by atoms with Crippen LogP contribution in [-0.4, -0.2) is 49.5 Å². The first-order valence-electron chi connectivity index (χ1n) is 12.0. The highest BCUT2D eigenvalue weighted by Gasteiger charge is 2.30. The fourth-order valence-electron chi connectivity index (χ4n) is 4.19. The summed E-state index contributed by atoms with van der Waals surface area (Å²) in [7, 11) is -2.16. The third kappa shape index (κ3) is 6.54. The minimum atomic E-state index is -3.74. The number of anilines is 1. The smallest absolute Gasteiger partial charge is 0.275 e. The zero-order valence-corrected chi connectivity index (χ0v) is 23.1. The number of halogens is 1. The highest BCUT2D eigenvalue weighted by atomic mass is 35.5. The minimum absolute atomic E-state index is 0. The fourth-order valence-corrected chi connectivity index (χ4v) is 4.97. The quantitative estimate of drug-likeness (QED) is 0.208. The summed E-state index contributed by atoms with van der Waals surface area (Å²) in [6.07, 6.45) is 0.112. The van der Waals surface area contributed by atoms with E-state index < -0.39 is 27.9 Å². The van der Waals surface area contributed by atoms with Crippen molar-refractivity contribution in [2.45, 2.75) is 19.4 Å². The van der Waals surface area contributed by atoms with Crippen LogP contribution in [-0.2, 0) is 16.4 Å². The first-order chi connectivity index (χ1) is 18.1. The number of nitrogen functional groups attached to an aromatic ring is 1. The number of nitrogens with two attached hydrogens (primary N) is 1. The van der Waals surface area contributed by atoms with E-state index in [0.717, 1.165) is 5.56 Å². The number of rotatable bonds is 9. The molecular weight excluding hydrogens is 538 g/mol. The Morgan fingerprint density at radius 3 is 2.23 bits per heavy atom. The zero-order chi connectivity index (χ0) is 27.4. The van der Waals surface area contributed by atoms with E-state index in [4.69, 9.17) is 11.1 Å². The molecule has 9 nitrogen and oxygen atoms in total. The minimum Gasteiger partial charge on any atom is -0.384 e. The Balaban J connectivity index is 0.00000420. The molecule has 204 valence electrons. The molecule has 1 aromatic heterocycles. The van der Waals surface area contributed by atoms with Crippen molar-refractivity contribution in [1.29, 1.82) is 5.41 Å². The third-order valence-electron chi connectivity index (χ3n) is 6.30. The van der Waals surface area contributed by atoms with Crippen LogP contribution in [0.5, 0.6) is 0 Å². The van der Waals surface area contributed by atoms with Crippen LogP contribution < -0.4 is 15.4 Å². The Morgan fingerprint density at radius 2 is 1.62 bits per heavy atom. The van der Waals surface area contributed by atoms with Crippen LogP contribution in [0.2, 0.25) is 0 Å². The van der Waals surface area contributed by atoms with Crippen molar-refractivity contribution in [2.75, 3.05) is 17.7 Å². The molecule has 11 heteroatoms. The number of amidine groups is 1. The number of sulfonamides is 1. The van der Waals surface area contributed by atoms with Gasteiger partial charge in [-0.1, -0.05) is 48.5 Å². The maximum absolute atomic E-state index is 14.0. The summed E-state index contributed by atoms with van der Waals surface area (Å²) in [6, 6.07) is 23.3. The molecule has 1 heterocycles. The van der Waals surface area contributed by atoms with Gasteiger partial charge in [0, 0.05) is 23.7 Å². The summed E-state index contributed by atoms with van der Waals surface area (Å²) in [6.45, 7) is 1.50. The topological polar surface area (TPSA) is 138 Å². The van der Waals surface area contributed by atoms with Crippen molar-refractivity contribution in [3.05, 3.63) is 102 Å². The van der Waals surface area contributed by atoms with E-state index in [1.165, 1.54) is 16.4 Å². The molecule has 0 fully saturated rings. The second-order valence-corrected chi connectivity index (χ2v) is 10.9. The number of carbonyl (C=O) groups is 2. The lowest BCUT2D eigenvalue weighted by Crippen LogP contribution is -2.46. The lowest BCUT2D eigenvalue weighted by Gasteiger charge is -2.22. The summed E-state index contributed by atoms with van der Waals surface area (Å²) in [5.74, 6) is -1.30. The fraction of sp³-hybridized carbons (Fsp3) is 0.179. The van der Waals surface area contributed by atoms with Crippen LogP contribution in [0.4, 0.5) is 5.69 Å². The number of benzene rings is 3. The van der Waals surface area contributed by atoms with Crippen LogP contribution in [0.15, 0.2) is 84.9 Å². The van der Waals surface area contributed by atoms with Gasteiger partial charge in [0.25, 0.3) is 5.91 Å². The molecule has 1 amide bonds. The molecule has 0 saturated carbocycles. The number of nitrogens with zero attached hydrogens (tertiary/aromatic N) is 2. The molecule has 4 rings (SSSR count). The van der Waals surface area contributed by atoms with E-state index in [1.807, 2.05) is 30.3 Å². The van der Waals surface area contributed by atoms with Crippen molar-refractivity contribution in [3.63, 3.8) is 0 Å². The van der Waals surface area contributed by atoms with E-state index in [2.05, 4.69) is 4.72 Å². The molecule has 0 aliphatic rings. The Bertz CT molecular complexity index is 1600. The predicted octanol–water partition coefficient (Wildman–Crippen LogP) is 3.81. The molecule has 4 aromatic rings. The van der Waals surface area contributed by atoms with Gasteiger partial charge in [-0.05, 0) is 55.3 Å². The average molecular weight is 568 g/mol. The molecule has 39 heavy (non-hydrogen) atoms. The number of aromatic nitrogens is 1. The summed E-state index contributed by atoms with van der Waals surface area (Å²) in [5, 5.41) is 8.24. The van der Waals surface area contributed by atoms with Crippen molar-refractivity contribution >= 4 is 56.7 Å². The highest BCUT2D eigenvalue weighted by molar-refractivity contribution is 7.89. The summed E-state index contributed by atoms with van der Waals surface area (Å²) < 4.78 is 28.9. The molecule has 1 atom stereocenters. The monoisotopic (exact) mass is 567 g/mol. The van der Waals surface area contributed by atoms with E-state index >= 15 is 0 Å². The van der Waals surface area contributed by atoms with E-state index in [1.54, 1.807) is 61.6 Å². The summed E-state index contributed by atoms with van der Waals surface area (Å²) in [5.41, 5.74) is 7.97. The summed E-state index contributed by atoms with van der Waals surface area (Å²) in [4.78, 5) is 29.2. The Labute approximate surface area is 233 Å². The van der Waals surface area contributed by atoms with Gasteiger partial charge in [0.15, 0.2) is 0 Å². The van der Waals surface area contributed by atoms with Crippen LogP contribution in [0.25, 0.3) is 10.9 Å². The van der Waals surface area contributed by atoms with E-state index in [0.29, 0.717) is 22.2 Å². The first-order valence-corrected chi connectivity index (χ1v) is 13.7. The van der Waals surface area contributed by atoms with Crippen molar-refractivity contribution in [3.8, 4) is 0 Å². The molecule has 0 bridgehead atoms. The van der Waals surface area contributed by atoms with E-state index in [-0.39, 0.29) is 36.1 Å². The van der Waals surface area contributed by atoms with Gasteiger partial charge in [-0.2, -0.15) is 0 Å². The van der Waals surface area contributed by atoms with Crippen molar-refractivity contribution in [2.24, 2.45) is 5.73 Å². The SMILES string of the molecule is CCS(=O)(=O)N[C@H](Cc1ccccc1)C(=O)n1c(C(=O)N(C)c2ccc(C(=N)N)cc2)cc2ccccc21.Cl. The van der Waals surface area contributed by atoms with Crippen LogP contribution >= 0.6 is 12.4 Å². The van der Waals surface area contributed by atoms with Crippen LogP contribution in [0.3, 0.4) is 0 Å². The van der Waals surface area contributed by atoms with Gasteiger partial charge in [-0.25, -0.2) is 13.1 Å². The molecule has 0 aliphatic heterocycles. The second kappa shape index (κ2) is 12.2. The molecule has 0 saturated heterocycles. The van der Waals surface area contributed by atoms with Gasteiger partial charge in [0.2, 0.25) is 15.9 Å². The second-order valence-electron chi connectivity index (χ2n) is 8.85. The first kappa shape index (κ1) is 29.6. The predicted molar refractivity (Wildman–Crippen MR) is 157 cm³/mol. The van der Waals surface area contributed by atoms with Gasteiger partial charge < -0.3 is 10.6 Å². The molecule has 3 aromatic carbocycles. The normalized spacial score (nSPS) is 11.9. The Morgan fingerprint density at radius 1 is 1.00 bits per heavy atom. The van der Waals surface area contributed by atoms with Crippen molar-refractivity contribution in [1.82, 2.24) is 9.29 Å². The number of hydrogen-bond donors (Lipinski definition) is 3. The number of nitrogens with one attached hydrogen (secondary N) is 2. The van der Waals surface area contributed by atoms with Gasteiger partial charge in [0.1, 0.15) is 17.6 Å². The molecule has 0 unspecified atom stereocenters. The number of amides is 1. The molecular formula is C28H30ClN5O4S. The number of para-hydroxylation sites is 1. The van der Waals surface area contributed by atoms with Gasteiger partial charge >= 0.3 is 0 Å². The lowest BCUT2D eigenvalue weighted by atomic mass is 10.1. The maximum atomic E-state index is 14.0. The zero-order valence-electron chi connectivity index (χ0n) is 21.5. The van der Waals surface area contributed by atoms with E-state index in [9.17, 15) is 18.0 Å². The average Bonchev–Trinajstić information content (AvgIpc) is 3.31. The van der Waals surface area contributed by atoms with Gasteiger partial charge in [-0.15, -0.1) is 12.4 Å². The molecule has 0 spiro atoms. The maximum Gasteiger partial charge on any atom is 0.275 e. The van der Waals surface area contributed by atoms with Crippen molar-refractivity contribution < 1.29 is 18.0 Å². The van der Waals surface area contributed by atoms with Gasteiger partial charge in [-0.3, -0.25) is 19.6 Å². The molecule has 0 aliphatic carbocycles. The third-order valence-corrected chi connectivity index (χ3v) is 7.71. The van der Waals surface area contributed by atoms with Gasteiger partial charge in [0.05, 0.1) is 11.3 Å². The van der Waals surface area contributed by atoms with Crippen LogP contribution in [0, 0.1) is 5.41 Å². The number of hydrogen-bond acceptors (Lipinski definition) is 5. The largest absolute Gasteiger partial charge is 0.384 e. The molecule has 0 radical (unpaired) electrons. The number of carbonyl (C=O) groups excluding carboxylic acids is 2. The summed E-state index contributed by atoms with van der Waals surface area (Å²) >= 11 is 0. The highest BCUT2D eigenvalue weighted by Crippen LogP contribution is 2.24. The number of fused-ring (bicyclic) bond motifs is 1. The van der Waals surface area contributed by atoms with Crippen LogP contribution in [0.1, 0.15) is 33.3 Å². The standard InChI is InChI=1S/C28H29N5O4S.ClH/c1-3-38(36,37)31-23(17-19-9-5-4-6-10-19)27(34)33-24-12-8-7-11-21(24)18-25(33)28(35)32(2)22-15-13-20(14-16-22)26(29)30;/h4-16,18,23,31H,3,17H2,1-2H3,(H3,29,30);1H/t23-;/m1./s1. The Kier molecular flexibility index (Phi) is 9.28. The Hall–Kier alpha value is -3.99. The lowest BCUT2D eigenvalue weighted by molar-refractivity contribution is 0.0855. The molecule has 4 N–H and O–H groups in total.